The number of carbonyl (C=O) groups excluding carboxylic acids is 1. The Morgan fingerprint density at radius 2 is 2.39 bits per heavy atom. The Labute approximate surface area is 110 Å². The molecular weight excluding hydrogens is 250 g/mol. The lowest BCUT2D eigenvalue weighted by Gasteiger charge is -2.21. The van der Waals surface area contributed by atoms with Gasteiger partial charge in [-0.1, -0.05) is 0 Å². The van der Waals surface area contributed by atoms with E-state index in [0.717, 1.165) is 30.7 Å². The van der Waals surface area contributed by atoms with Gasteiger partial charge in [-0.05, 0) is 32.3 Å². The van der Waals surface area contributed by atoms with Crippen LogP contribution in [-0.2, 0) is 11.2 Å². The van der Waals surface area contributed by atoms with Crippen molar-refractivity contribution in [1.29, 1.82) is 0 Å². The summed E-state index contributed by atoms with van der Waals surface area (Å²) in [5, 5.41) is 10.5. The number of aryl methyl sites for hydroxylation is 1. The lowest BCUT2D eigenvalue weighted by atomic mass is 10.2. The first-order valence-electron chi connectivity index (χ1n) is 6.18. The smallest absolute Gasteiger partial charge is 0.336 e. The maximum atomic E-state index is 11.6. The molecule has 1 aromatic rings. The minimum absolute atomic E-state index is 0.250. The summed E-state index contributed by atoms with van der Waals surface area (Å²) in [5.74, 6) is -0.624. The first kappa shape index (κ1) is 13.1. The highest BCUT2D eigenvalue weighted by Crippen LogP contribution is 2.20. The summed E-state index contributed by atoms with van der Waals surface area (Å²) in [5.41, 5.74) is 0.362. The molecule has 0 radical (unpaired) electrons. The molecule has 1 fully saturated rings. The molecule has 0 aliphatic carbocycles. The maximum Gasteiger partial charge on any atom is 0.336 e. The summed E-state index contributed by atoms with van der Waals surface area (Å²) < 4.78 is 0. The van der Waals surface area contributed by atoms with Gasteiger partial charge in [-0.2, -0.15) is 0 Å². The number of carbonyl (C=O) groups is 2. The summed E-state index contributed by atoms with van der Waals surface area (Å²) in [6.07, 6.45) is 3.37. The van der Waals surface area contributed by atoms with E-state index < -0.39 is 5.97 Å². The van der Waals surface area contributed by atoms with E-state index in [-0.39, 0.29) is 5.91 Å². The molecule has 0 spiro atoms. The van der Waals surface area contributed by atoms with Gasteiger partial charge >= 0.3 is 5.97 Å². The van der Waals surface area contributed by atoms with Crippen LogP contribution in [0.15, 0.2) is 11.4 Å². The van der Waals surface area contributed by atoms with Crippen LogP contribution in [-0.4, -0.2) is 34.5 Å². The van der Waals surface area contributed by atoms with Gasteiger partial charge in [-0.3, -0.25) is 4.79 Å². The van der Waals surface area contributed by atoms with Crippen LogP contribution < -0.4 is 0 Å². The number of rotatable bonds is 5. The second kappa shape index (κ2) is 5.52. The second-order valence-corrected chi connectivity index (χ2v) is 5.68. The fourth-order valence-corrected chi connectivity index (χ4v) is 3.17. The number of hydrogen-bond acceptors (Lipinski definition) is 3. The number of hydrogen-bond donors (Lipinski definition) is 1. The zero-order valence-electron chi connectivity index (χ0n) is 10.4. The van der Waals surface area contributed by atoms with Crippen molar-refractivity contribution >= 4 is 23.2 Å². The SMILES string of the molecule is CC1CCC(=O)N1CCCc1cc(C(=O)O)cs1. The second-order valence-electron chi connectivity index (χ2n) is 4.69. The molecule has 1 atom stereocenters. The number of amides is 1. The molecule has 1 aromatic heterocycles. The predicted molar refractivity (Wildman–Crippen MR) is 70.0 cm³/mol. The average Bonchev–Trinajstić information content (AvgIpc) is 2.90. The Hall–Kier alpha value is -1.36. The highest BCUT2D eigenvalue weighted by Gasteiger charge is 2.26. The van der Waals surface area contributed by atoms with Crippen molar-refractivity contribution in [3.05, 3.63) is 21.9 Å². The summed E-state index contributed by atoms with van der Waals surface area (Å²) in [4.78, 5) is 25.3. The molecule has 18 heavy (non-hydrogen) atoms. The van der Waals surface area contributed by atoms with Crippen LogP contribution >= 0.6 is 11.3 Å². The largest absolute Gasteiger partial charge is 0.478 e. The Morgan fingerprint density at radius 1 is 1.61 bits per heavy atom. The molecule has 1 saturated heterocycles. The van der Waals surface area contributed by atoms with E-state index in [0.29, 0.717) is 18.0 Å². The van der Waals surface area contributed by atoms with Crippen LogP contribution in [0.4, 0.5) is 0 Å². The summed E-state index contributed by atoms with van der Waals surface area (Å²) in [7, 11) is 0. The molecule has 1 N–H and O–H groups in total. The minimum atomic E-state index is -0.874. The minimum Gasteiger partial charge on any atom is -0.478 e. The zero-order chi connectivity index (χ0) is 13.1. The molecule has 0 bridgehead atoms. The third kappa shape index (κ3) is 2.90. The van der Waals surface area contributed by atoms with Crippen molar-refractivity contribution in [3.8, 4) is 0 Å². The summed E-state index contributed by atoms with van der Waals surface area (Å²) >= 11 is 1.48. The lowest BCUT2D eigenvalue weighted by molar-refractivity contribution is -0.128. The molecule has 1 amide bonds. The van der Waals surface area contributed by atoms with Crippen LogP contribution in [0.25, 0.3) is 0 Å². The molecule has 4 nitrogen and oxygen atoms in total. The van der Waals surface area contributed by atoms with Gasteiger partial charge in [-0.25, -0.2) is 4.79 Å². The highest BCUT2D eigenvalue weighted by atomic mass is 32.1. The predicted octanol–water partition coefficient (Wildman–Crippen LogP) is 2.39. The first-order valence-corrected chi connectivity index (χ1v) is 7.06. The third-order valence-electron chi connectivity index (χ3n) is 3.35. The van der Waals surface area contributed by atoms with Crippen molar-refractivity contribution in [1.82, 2.24) is 4.90 Å². The fourth-order valence-electron chi connectivity index (χ4n) is 2.27. The van der Waals surface area contributed by atoms with Gasteiger partial charge in [0.05, 0.1) is 5.56 Å². The van der Waals surface area contributed by atoms with Crippen LogP contribution in [0.5, 0.6) is 0 Å². The van der Waals surface area contributed by atoms with Crippen molar-refractivity contribution in [3.63, 3.8) is 0 Å². The van der Waals surface area contributed by atoms with E-state index in [2.05, 4.69) is 6.92 Å². The third-order valence-corrected chi connectivity index (χ3v) is 4.35. The van der Waals surface area contributed by atoms with Gasteiger partial charge in [0, 0.05) is 29.3 Å². The molecular formula is C13H17NO3S. The highest BCUT2D eigenvalue weighted by molar-refractivity contribution is 7.10. The van der Waals surface area contributed by atoms with Gasteiger partial charge < -0.3 is 10.0 Å². The Kier molecular flexibility index (Phi) is 4.01. The summed E-state index contributed by atoms with van der Waals surface area (Å²) in [6.45, 7) is 2.86. The van der Waals surface area contributed by atoms with Crippen molar-refractivity contribution < 1.29 is 14.7 Å². The number of likely N-dealkylation sites (tertiary alicyclic amines) is 1. The zero-order valence-corrected chi connectivity index (χ0v) is 11.2. The molecule has 5 heteroatoms. The number of carboxylic acid groups (broad SMARTS) is 1. The van der Waals surface area contributed by atoms with Crippen molar-refractivity contribution in [2.75, 3.05) is 6.54 Å². The molecule has 0 aromatic carbocycles. The van der Waals surface area contributed by atoms with Crippen molar-refractivity contribution in [2.24, 2.45) is 0 Å². The molecule has 2 rings (SSSR count). The van der Waals surface area contributed by atoms with Gasteiger partial charge in [0.25, 0.3) is 0 Å². The molecule has 2 heterocycles. The number of thiophene rings is 1. The number of nitrogens with zero attached hydrogens (tertiary/aromatic N) is 1. The Balaban J connectivity index is 1.81. The number of carboxylic acids is 1. The van der Waals surface area contributed by atoms with E-state index in [1.807, 2.05) is 4.90 Å². The fraction of sp³-hybridized carbons (Fsp3) is 0.538. The standard InChI is InChI=1S/C13H17NO3S/c1-9-4-5-12(15)14(9)6-2-3-11-7-10(8-18-11)13(16)17/h7-9H,2-6H2,1H3,(H,16,17). The topological polar surface area (TPSA) is 57.6 Å². The number of aromatic carboxylic acids is 1. The summed E-state index contributed by atoms with van der Waals surface area (Å²) in [6, 6.07) is 2.08. The van der Waals surface area contributed by atoms with E-state index in [1.165, 1.54) is 11.3 Å². The van der Waals surface area contributed by atoms with Crippen LogP contribution in [0, 0.1) is 0 Å². The van der Waals surface area contributed by atoms with E-state index in [4.69, 9.17) is 5.11 Å². The maximum absolute atomic E-state index is 11.6. The molecule has 1 aliphatic rings. The van der Waals surface area contributed by atoms with Crippen LogP contribution in [0.3, 0.4) is 0 Å². The van der Waals surface area contributed by atoms with Crippen LogP contribution in [0.1, 0.15) is 41.4 Å². The van der Waals surface area contributed by atoms with Crippen LogP contribution in [0.2, 0.25) is 0 Å². The first-order chi connectivity index (χ1) is 8.58. The quantitative estimate of drug-likeness (QED) is 0.891. The molecule has 98 valence electrons. The average molecular weight is 267 g/mol. The normalized spacial score (nSPS) is 19.5. The Morgan fingerprint density at radius 3 is 2.94 bits per heavy atom. The van der Waals surface area contributed by atoms with Gasteiger partial charge in [-0.15, -0.1) is 11.3 Å². The van der Waals surface area contributed by atoms with E-state index in [1.54, 1.807) is 11.4 Å². The monoisotopic (exact) mass is 267 g/mol. The Bertz CT molecular complexity index is 455. The van der Waals surface area contributed by atoms with E-state index >= 15 is 0 Å². The van der Waals surface area contributed by atoms with Gasteiger partial charge in [0.15, 0.2) is 0 Å². The lowest BCUT2D eigenvalue weighted by Crippen LogP contribution is -2.32. The van der Waals surface area contributed by atoms with E-state index in [9.17, 15) is 9.59 Å². The van der Waals surface area contributed by atoms with Gasteiger partial charge in [0.2, 0.25) is 5.91 Å². The van der Waals surface area contributed by atoms with Crippen molar-refractivity contribution in [2.45, 2.75) is 38.6 Å². The van der Waals surface area contributed by atoms with Gasteiger partial charge in [0.1, 0.15) is 0 Å². The molecule has 0 saturated carbocycles. The molecule has 1 aliphatic heterocycles. The molecule has 1 unspecified atom stereocenters.